The van der Waals surface area contributed by atoms with E-state index in [0.29, 0.717) is 19.3 Å². The van der Waals surface area contributed by atoms with Crippen LogP contribution in [0.5, 0.6) is 0 Å². The summed E-state index contributed by atoms with van der Waals surface area (Å²) in [5, 5.41) is 0. The van der Waals surface area contributed by atoms with Crippen LogP contribution < -0.4 is 0 Å². The molecule has 3 nitrogen and oxygen atoms in total. The van der Waals surface area contributed by atoms with Crippen LogP contribution in [0.1, 0.15) is 39.5 Å². The number of hydrogen-bond donors (Lipinski definition) is 0. The van der Waals surface area contributed by atoms with E-state index in [1.165, 1.54) is 7.11 Å². The minimum absolute atomic E-state index is 0.190. The summed E-state index contributed by atoms with van der Waals surface area (Å²) in [5.74, 6) is 0.00587. The SMILES string of the molecule is COC(=O)CC/C(C)=C/CCC(C)=O. The molecule has 0 N–H and O–H groups in total. The van der Waals surface area contributed by atoms with Gasteiger partial charge in [-0.1, -0.05) is 11.6 Å². The van der Waals surface area contributed by atoms with Gasteiger partial charge in [0.2, 0.25) is 0 Å². The zero-order valence-electron chi connectivity index (χ0n) is 9.13. The van der Waals surface area contributed by atoms with Crippen LogP contribution in [0, 0.1) is 0 Å². The maximum absolute atomic E-state index is 10.8. The molecule has 0 aromatic carbocycles. The van der Waals surface area contributed by atoms with Crippen LogP contribution in [-0.4, -0.2) is 18.9 Å². The topological polar surface area (TPSA) is 43.4 Å². The first-order valence-corrected chi connectivity index (χ1v) is 4.78. The Balaban J connectivity index is 3.67. The fourth-order valence-electron chi connectivity index (χ4n) is 1.03. The summed E-state index contributed by atoms with van der Waals surface area (Å²) in [6.45, 7) is 3.54. The van der Waals surface area contributed by atoms with E-state index >= 15 is 0 Å². The van der Waals surface area contributed by atoms with Gasteiger partial charge in [0.15, 0.2) is 0 Å². The van der Waals surface area contributed by atoms with Crippen molar-refractivity contribution in [2.75, 3.05) is 7.11 Å². The highest BCUT2D eigenvalue weighted by atomic mass is 16.5. The number of carbonyl (C=O) groups is 2. The third-order valence-electron chi connectivity index (χ3n) is 1.94. The molecule has 0 aliphatic heterocycles. The van der Waals surface area contributed by atoms with Crippen LogP contribution in [0.4, 0.5) is 0 Å². The molecule has 0 aliphatic rings. The fourth-order valence-corrected chi connectivity index (χ4v) is 1.03. The zero-order valence-corrected chi connectivity index (χ0v) is 9.13. The first kappa shape index (κ1) is 12.9. The van der Waals surface area contributed by atoms with E-state index in [1.807, 2.05) is 13.0 Å². The molecule has 0 amide bonds. The summed E-state index contributed by atoms with van der Waals surface area (Å²) in [5.41, 5.74) is 1.14. The molecular formula is C11H18O3. The van der Waals surface area contributed by atoms with Crippen LogP contribution in [0.25, 0.3) is 0 Å². The van der Waals surface area contributed by atoms with Gasteiger partial charge in [-0.25, -0.2) is 0 Å². The Morgan fingerprint density at radius 3 is 2.29 bits per heavy atom. The Kier molecular flexibility index (Phi) is 6.72. The molecule has 80 valence electrons. The summed E-state index contributed by atoms with van der Waals surface area (Å²) in [6, 6.07) is 0. The predicted molar refractivity (Wildman–Crippen MR) is 54.9 cm³/mol. The molecule has 0 aromatic heterocycles. The highest BCUT2D eigenvalue weighted by Crippen LogP contribution is 2.07. The number of rotatable bonds is 6. The Morgan fingerprint density at radius 1 is 1.14 bits per heavy atom. The number of Topliss-reactive ketones (excluding diaryl/α,β-unsaturated/α-hetero) is 1. The number of hydrogen-bond acceptors (Lipinski definition) is 3. The molecule has 0 radical (unpaired) electrons. The average molecular weight is 198 g/mol. The van der Waals surface area contributed by atoms with Gasteiger partial charge >= 0.3 is 5.97 Å². The van der Waals surface area contributed by atoms with Crippen LogP contribution in [0.3, 0.4) is 0 Å². The molecule has 0 heterocycles. The lowest BCUT2D eigenvalue weighted by atomic mass is 10.1. The van der Waals surface area contributed by atoms with Gasteiger partial charge in [0.05, 0.1) is 7.11 Å². The average Bonchev–Trinajstić information content (AvgIpc) is 2.13. The van der Waals surface area contributed by atoms with Crippen molar-refractivity contribution >= 4 is 11.8 Å². The lowest BCUT2D eigenvalue weighted by Crippen LogP contribution is -1.99. The number of ether oxygens (including phenoxy) is 1. The van der Waals surface area contributed by atoms with Crippen molar-refractivity contribution in [2.24, 2.45) is 0 Å². The van der Waals surface area contributed by atoms with E-state index in [1.54, 1.807) is 6.92 Å². The van der Waals surface area contributed by atoms with Crippen molar-refractivity contribution < 1.29 is 14.3 Å². The number of esters is 1. The largest absolute Gasteiger partial charge is 0.469 e. The second-order valence-corrected chi connectivity index (χ2v) is 3.37. The Bertz CT molecular complexity index is 229. The molecule has 0 saturated carbocycles. The smallest absolute Gasteiger partial charge is 0.305 e. The summed E-state index contributed by atoms with van der Waals surface area (Å²) >= 11 is 0. The molecule has 0 fully saturated rings. The second kappa shape index (κ2) is 7.30. The molecule has 0 unspecified atom stereocenters. The van der Waals surface area contributed by atoms with E-state index in [9.17, 15) is 9.59 Å². The van der Waals surface area contributed by atoms with Gasteiger partial charge in [-0.05, 0) is 26.7 Å². The van der Waals surface area contributed by atoms with Gasteiger partial charge in [0, 0.05) is 12.8 Å². The number of methoxy groups -OCH3 is 1. The van der Waals surface area contributed by atoms with E-state index in [2.05, 4.69) is 4.74 Å². The van der Waals surface area contributed by atoms with Crippen molar-refractivity contribution in [1.29, 1.82) is 0 Å². The van der Waals surface area contributed by atoms with Crippen LogP contribution in [0.15, 0.2) is 11.6 Å². The third-order valence-corrected chi connectivity index (χ3v) is 1.94. The maximum Gasteiger partial charge on any atom is 0.305 e. The van der Waals surface area contributed by atoms with E-state index < -0.39 is 0 Å². The molecule has 0 bridgehead atoms. The number of allylic oxidation sites excluding steroid dienone is 2. The molecule has 0 spiro atoms. The van der Waals surface area contributed by atoms with E-state index in [-0.39, 0.29) is 11.8 Å². The fraction of sp³-hybridized carbons (Fsp3) is 0.636. The highest BCUT2D eigenvalue weighted by molar-refractivity contribution is 5.75. The second-order valence-electron chi connectivity index (χ2n) is 3.37. The lowest BCUT2D eigenvalue weighted by molar-refractivity contribution is -0.140. The summed E-state index contributed by atoms with van der Waals surface area (Å²) in [6.07, 6.45) is 4.48. The normalized spacial score (nSPS) is 11.2. The first-order valence-electron chi connectivity index (χ1n) is 4.78. The third kappa shape index (κ3) is 7.53. The molecule has 0 rings (SSSR count). The summed E-state index contributed by atoms with van der Waals surface area (Å²) in [7, 11) is 1.39. The van der Waals surface area contributed by atoms with Gasteiger partial charge in [-0.2, -0.15) is 0 Å². The van der Waals surface area contributed by atoms with Crippen molar-refractivity contribution in [3.8, 4) is 0 Å². The van der Waals surface area contributed by atoms with E-state index in [4.69, 9.17) is 0 Å². The first-order chi connectivity index (χ1) is 6.56. The quantitative estimate of drug-likeness (QED) is 0.485. The Hall–Kier alpha value is -1.12. The monoisotopic (exact) mass is 198 g/mol. The van der Waals surface area contributed by atoms with Crippen LogP contribution >= 0.6 is 0 Å². The van der Waals surface area contributed by atoms with Gasteiger partial charge < -0.3 is 9.53 Å². The van der Waals surface area contributed by atoms with Crippen molar-refractivity contribution in [1.82, 2.24) is 0 Å². The Labute approximate surface area is 85.1 Å². The highest BCUT2D eigenvalue weighted by Gasteiger charge is 2.00. The predicted octanol–water partition coefficient (Wildman–Crippen LogP) is 2.26. The molecular weight excluding hydrogens is 180 g/mol. The molecule has 0 saturated heterocycles. The van der Waals surface area contributed by atoms with Crippen molar-refractivity contribution in [2.45, 2.75) is 39.5 Å². The van der Waals surface area contributed by atoms with Gasteiger partial charge in [-0.3, -0.25) is 4.79 Å². The molecule has 0 aromatic rings. The number of ketones is 1. The van der Waals surface area contributed by atoms with Gasteiger partial charge in [0.25, 0.3) is 0 Å². The summed E-state index contributed by atoms with van der Waals surface area (Å²) < 4.78 is 4.52. The number of carbonyl (C=O) groups excluding carboxylic acids is 2. The maximum atomic E-state index is 10.8. The molecule has 0 atom stereocenters. The van der Waals surface area contributed by atoms with Crippen molar-refractivity contribution in [3.05, 3.63) is 11.6 Å². The zero-order chi connectivity index (χ0) is 11.0. The van der Waals surface area contributed by atoms with Crippen LogP contribution in [0.2, 0.25) is 0 Å². The minimum Gasteiger partial charge on any atom is -0.469 e. The standard InChI is InChI=1S/C11H18O3/c1-9(5-4-6-10(2)12)7-8-11(13)14-3/h5H,4,6-8H2,1-3H3/b9-5+. The van der Waals surface area contributed by atoms with Crippen LogP contribution in [-0.2, 0) is 14.3 Å². The van der Waals surface area contributed by atoms with Gasteiger partial charge in [0.1, 0.15) is 5.78 Å². The molecule has 14 heavy (non-hydrogen) atoms. The molecule has 0 aliphatic carbocycles. The molecule has 3 heteroatoms. The minimum atomic E-state index is -0.190. The van der Waals surface area contributed by atoms with Gasteiger partial charge in [-0.15, -0.1) is 0 Å². The summed E-state index contributed by atoms with van der Waals surface area (Å²) in [4.78, 5) is 21.4. The Morgan fingerprint density at radius 2 is 1.79 bits per heavy atom. The van der Waals surface area contributed by atoms with E-state index in [0.717, 1.165) is 12.0 Å². The van der Waals surface area contributed by atoms with Crippen molar-refractivity contribution in [3.63, 3.8) is 0 Å². The lowest BCUT2D eigenvalue weighted by Gasteiger charge is -2.00.